The van der Waals surface area contributed by atoms with Crippen LogP contribution in [0, 0.1) is 11.8 Å². The van der Waals surface area contributed by atoms with E-state index < -0.39 is 12.2 Å². The molecule has 5 aromatic rings. The van der Waals surface area contributed by atoms with Gasteiger partial charge in [-0.3, -0.25) is 14.5 Å². The van der Waals surface area contributed by atoms with Crippen LogP contribution in [0.1, 0.15) is 89.6 Å². The van der Waals surface area contributed by atoms with Gasteiger partial charge < -0.3 is 42.8 Å². The Kier molecular flexibility index (Phi) is 12.7. The fourth-order valence-corrected chi connectivity index (χ4v) is 10.6. The monoisotopic (exact) mass is 870 g/mol. The van der Waals surface area contributed by atoms with Crippen molar-refractivity contribution in [3.8, 4) is 23.0 Å². The highest BCUT2D eigenvalue weighted by Gasteiger charge is 2.43. The van der Waals surface area contributed by atoms with E-state index >= 15 is 4.79 Å². The summed E-state index contributed by atoms with van der Waals surface area (Å²) in [6, 6.07) is 23.0. The molecule has 12 heteroatoms. The molecule has 0 unspecified atom stereocenters. The van der Waals surface area contributed by atoms with Gasteiger partial charge in [-0.1, -0.05) is 49.7 Å². The number of ether oxygens (including phenoxy) is 6. The zero-order valence-electron chi connectivity index (χ0n) is 37.3. The van der Waals surface area contributed by atoms with Gasteiger partial charge in [0.1, 0.15) is 5.58 Å². The minimum atomic E-state index is -0.840. The fraction of sp³-hybridized carbons (Fsp3) is 0.423. The predicted octanol–water partition coefficient (Wildman–Crippen LogP) is 8.41. The average molecular weight is 871 g/mol. The third kappa shape index (κ3) is 8.34. The van der Waals surface area contributed by atoms with Gasteiger partial charge in [0.25, 0.3) is 5.91 Å². The lowest BCUT2D eigenvalue weighted by Gasteiger charge is -2.49. The summed E-state index contributed by atoms with van der Waals surface area (Å²) in [6.07, 6.45) is 6.99. The molecule has 4 aliphatic rings. The number of aliphatic hydroxyl groups excluding tert-OH is 1. The number of carbonyl (C=O) groups excluding carboxylic acids is 1. The highest BCUT2D eigenvalue weighted by atomic mass is 16.7. The van der Waals surface area contributed by atoms with Crippen molar-refractivity contribution >= 4 is 16.9 Å². The number of hydrogen-bond donors (Lipinski definition) is 1. The van der Waals surface area contributed by atoms with Crippen molar-refractivity contribution < 1.29 is 42.7 Å². The molecule has 336 valence electrons. The summed E-state index contributed by atoms with van der Waals surface area (Å²) in [4.78, 5) is 34.1. The van der Waals surface area contributed by atoms with Crippen LogP contribution < -0.4 is 24.4 Å². The average Bonchev–Trinajstić information content (AvgIpc) is 3.34. The lowest BCUT2D eigenvalue weighted by Crippen LogP contribution is -2.48. The molecular formula is C52H58N2O10. The van der Waals surface area contributed by atoms with Crippen LogP contribution in [0.4, 0.5) is 0 Å². The number of rotatable bonds is 13. The second kappa shape index (κ2) is 18.7. The summed E-state index contributed by atoms with van der Waals surface area (Å²) in [5, 5.41) is 10.1. The van der Waals surface area contributed by atoms with E-state index in [9.17, 15) is 9.90 Å². The molecule has 1 fully saturated rings. The molecule has 1 amide bonds. The number of hydrogen-bond acceptors (Lipinski definition) is 11. The number of allylic oxidation sites excluding steroid dienone is 1. The maximum absolute atomic E-state index is 15.4. The van der Waals surface area contributed by atoms with E-state index in [4.69, 9.17) is 32.8 Å². The molecule has 0 radical (unpaired) electrons. The van der Waals surface area contributed by atoms with E-state index in [1.54, 1.807) is 46.6 Å². The lowest BCUT2D eigenvalue weighted by atomic mass is 9.72. The Morgan fingerprint density at radius 1 is 0.781 bits per heavy atom. The van der Waals surface area contributed by atoms with Crippen molar-refractivity contribution in [2.75, 3.05) is 48.1 Å². The van der Waals surface area contributed by atoms with Crippen LogP contribution in [0.5, 0.6) is 23.0 Å². The molecule has 1 aromatic heterocycles. The molecule has 1 N–H and O–H groups in total. The van der Waals surface area contributed by atoms with Gasteiger partial charge in [0.2, 0.25) is 6.29 Å². The van der Waals surface area contributed by atoms with Crippen LogP contribution in [0.15, 0.2) is 100 Å². The van der Waals surface area contributed by atoms with Gasteiger partial charge in [0.05, 0.1) is 59.3 Å². The SMILES string of the molecule is CC[C@H]1CN2CCc3cc(OC)c(OC)cc3[C@@H]2C[C@@H]1C[C@@H]1c2cc(OC)c(OC)cc2CCN1C(=O)C1=C[C@@H](c2coc3ccccc3c2=O)C[C@@H](OCc2ccc(CO)cc2)O1. The predicted molar refractivity (Wildman–Crippen MR) is 242 cm³/mol. The molecule has 4 aliphatic heterocycles. The molecule has 9 rings (SSSR count). The Labute approximate surface area is 374 Å². The Morgan fingerprint density at radius 3 is 2.14 bits per heavy atom. The molecule has 0 aliphatic carbocycles. The number of piperidine rings is 1. The van der Waals surface area contributed by atoms with Crippen LogP contribution >= 0.6 is 0 Å². The van der Waals surface area contributed by atoms with Gasteiger partial charge in [-0.2, -0.15) is 0 Å². The van der Waals surface area contributed by atoms with E-state index in [-0.39, 0.29) is 48.3 Å². The van der Waals surface area contributed by atoms with Gasteiger partial charge in [-0.05, 0) is 113 Å². The molecule has 5 heterocycles. The number of aliphatic hydroxyl groups is 1. The summed E-state index contributed by atoms with van der Waals surface area (Å²) in [5.41, 5.74) is 7.19. The van der Waals surface area contributed by atoms with Crippen LogP contribution in [0.2, 0.25) is 0 Å². The topological polar surface area (TPSA) is 129 Å². The Hall–Kier alpha value is -5.82. The highest BCUT2D eigenvalue weighted by molar-refractivity contribution is 5.92. The Morgan fingerprint density at radius 2 is 1.44 bits per heavy atom. The van der Waals surface area contributed by atoms with Gasteiger partial charge in [-0.15, -0.1) is 0 Å². The molecule has 0 bridgehead atoms. The van der Waals surface area contributed by atoms with Crippen molar-refractivity contribution in [1.82, 2.24) is 9.80 Å². The van der Waals surface area contributed by atoms with Gasteiger partial charge >= 0.3 is 0 Å². The van der Waals surface area contributed by atoms with Gasteiger partial charge in [0.15, 0.2) is 34.2 Å². The number of methoxy groups -OCH3 is 4. The zero-order valence-corrected chi connectivity index (χ0v) is 37.3. The first-order valence-corrected chi connectivity index (χ1v) is 22.5. The molecule has 1 saturated heterocycles. The van der Waals surface area contributed by atoms with Crippen molar-refractivity contribution in [3.05, 3.63) is 140 Å². The normalized spacial score (nSPS) is 23.0. The van der Waals surface area contributed by atoms with Crippen LogP contribution in [0.3, 0.4) is 0 Å². The number of benzene rings is 4. The minimum Gasteiger partial charge on any atom is -0.493 e. The summed E-state index contributed by atoms with van der Waals surface area (Å²) in [5.74, 6) is 2.79. The number of carbonyl (C=O) groups is 1. The molecule has 0 saturated carbocycles. The van der Waals surface area contributed by atoms with Crippen molar-refractivity contribution in [3.63, 3.8) is 0 Å². The first-order chi connectivity index (χ1) is 31.2. The third-order valence-electron chi connectivity index (χ3n) is 14.1. The molecule has 0 spiro atoms. The Balaban J connectivity index is 1.08. The Bertz CT molecular complexity index is 2590. The largest absolute Gasteiger partial charge is 0.493 e. The van der Waals surface area contributed by atoms with E-state index in [0.29, 0.717) is 53.3 Å². The third-order valence-corrected chi connectivity index (χ3v) is 14.1. The number of fused-ring (bicyclic) bond motifs is 5. The molecular weight excluding hydrogens is 813 g/mol. The van der Waals surface area contributed by atoms with Crippen LogP contribution in [-0.4, -0.2) is 75.2 Å². The number of para-hydroxylation sites is 1. The van der Waals surface area contributed by atoms with Crippen molar-refractivity contribution in [1.29, 1.82) is 0 Å². The smallest absolute Gasteiger partial charge is 0.289 e. The first kappa shape index (κ1) is 43.4. The second-order valence-electron chi connectivity index (χ2n) is 17.5. The summed E-state index contributed by atoms with van der Waals surface area (Å²) >= 11 is 0. The number of amides is 1. The fourth-order valence-electron chi connectivity index (χ4n) is 10.6. The van der Waals surface area contributed by atoms with Gasteiger partial charge in [-0.25, -0.2) is 0 Å². The quantitative estimate of drug-likeness (QED) is 0.123. The minimum absolute atomic E-state index is 0.0564. The highest BCUT2D eigenvalue weighted by Crippen LogP contribution is 2.50. The second-order valence-corrected chi connectivity index (χ2v) is 17.5. The van der Waals surface area contributed by atoms with E-state index in [1.807, 2.05) is 41.3 Å². The summed E-state index contributed by atoms with van der Waals surface area (Å²) in [6.45, 7) is 4.82. The van der Waals surface area contributed by atoms with Crippen LogP contribution in [-0.2, 0) is 40.3 Å². The molecule has 12 nitrogen and oxygen atoms in total. The standard InChI is InChI=1S/C52H58N2O10/c1-6-33-27-53-17-15-34-21-45(58-2)47(60-4)25-39(34)42(53)19-36(33)20-43-40-26-48(61-5)46(59-3)22-35(40)16-18-54(43)52(57)49-23-37(41-30-62-44-10-8-7-9-38(44)51(41)56)24-50(64-49)63-29-32-13-11-31(28-55)12-14-32/h7-14,21-23,25-26,30,33,36-37,42-43,50,55H,6,15-20,24,27-29H2,1-5H3/t33-,36+,37+,42-,43+,50-/m0/s1. The van der Waals surface area contributed by atoms with E-state index in [2.05, 4.69) is 36.1 Å². The van der Waals surface area contributed by atoms with Crippen molar-refractivity contribution in [2.24, 2.45) is 11.8 Å². The molecule has 6 atom stereocenters. The summed E-state index contributed by atoms with van der Waals surface area (Å²) < 4.78 is 42.1. The van der Waals surface area contributed by atoms with Crippen LogP contribution in [0.25, 0.3) is 11.0 Å². The zero-order chi connectivity index (χ0) is 44.5. The maximum atomic E-state index is 15.4. The molecule has 64 heavy (non-hydrogen) atoms. The van der Waals surface area contributed by atoms with Gasteiger partial charge in [0, 0.05) is 43.6 Å². The molecule has 4 aromatic carbocycles. The van der Waals surface area contributed by atoms with E-state index in [0.717, 1.165) is 72.5 Å². The van der Waals surface area contributed by atoms with Crippen molar-refractivity contribution in [2.45, 2.75) is 83.0 Å². The maximum Gasteiger partial charge on any atom is 0.289 e. The van der Waals surface area contributed by atoms with E-state index in [1.165, 1.54) is 17.4 Å². The lowest BCUT2D eigenvalue weighted by molar-refractivity contribution is -0.158. The number of nitrogens with zero attached hydrogens (tertiary/aromatic N) is 2. The first-order valence-electron chi connectivity index (χ1n) is 22.5. The summed E-state index contributed by atoms with van der Waals surface area (Å²) in [7, 11) is 6.66.